The van der Waals surface area contributed by atoms with E-state index in [9.17, 15) is 9.59 Å². The minimum Gasteiger partial charge on any atom is -0.447 e. The number of ether oxygens (including phenoxy) is 1. The summed E-state index contributed by atoms with van der Waals surface area (Å²) in [5.41, 5.74) is 0. The van der Waals surface area contributed by atoms with E-state index in [0.717, 1.165) is 6.42 Å². The minimum absolute atomic E-state index is 0.139. The highest BCUT2D eigenvalue weighted by Gasteiger charge is 2.37. The van der Waals surface area contributed by atoms with Crippen LogP contribution in [0.5, 0.6) is 0 Å². The highest BCUT2D eigenvalue weighted by Crippen LogP contribution is 2.20. The number of fused-ring (bicyclic) bond motifs is 1. The Morgan fingerprint density at radius 1 is 1.45 bits per heavy atom. The number of carbonyl (C=O) groups excluding carboxylic acids is 2. The van der Waals surface area contributed by atoms with Crippen molar-refractivity contribution in [3.8, 4) is 0 Å². The topological polar surface area (TPSA) is 46.6 Å². The molecule has 0 aromatic carbocycles. The summed E-state index contributed by atoms with van der Waals surface area (Å²) in [7, 11) is 0. The van der Waals surface area contributed by atoms with Crippen molar-refractivity contribution in [2.45, 2.75) is 18.9 Å². The molecule has 1 amide bonds. The highest BCUT2D eigenvalue weighted by molar-refractivity contribution is 5.86. The molecule has 1 unspecified atom stereocenters. The molecule has 2 fully saturated rings. The third-order valence-corrected chi connectivity index (χ3v) is 2.18. The molecule has 4 nitrogen and oxygen atoms in total. The van der Waals surface area contributed by atoms with Crippen LogP contribution in [0.3, 0.4) is 0 Å². The molecule has 1 atom stereocenters. The van der Waals surface area contributed by atoms with Crippen LogP contribution in [-0.2, 0) is 9.53 Å². The molecule has 2 aliphatic heterocycles. The van der Waals surface area contributed by atoms with Crippen molar-refractivity contribution in [2.75, 3.05) is 13.2 Å². The van der Waals surface area contributed by atoms with Crippen LogP contribution in [-0.4, -0.2) is 36.0 Å². The van der Waals surface area contributed by atoms with Crippen molar-refractivity contribution in [1.82, 2.24) is 4.90 Å². The van der Waals surface area contributed by atoms with Crippen molar-refractivity contribution >= 4 is 11.9 Å². The van der Waals surface area contributed by atoms with E-state index in [1.807, 2.05) is 0 Å². The maximum atomic E-state index is 10.9. The lowest BCUT2D eigenvalue weighted by Crippen LogP contribution is -2.42. The van der Waals surface area contributed by atoms with Crippen molar-refractivity contribution in [3.05, 3.63) is 0 Å². The van der Waals surface area contributed by atoms with Gasteiger partial charge in [0.05, 0.1) is 12.6 Å². The summed E-state index contributed by atoms with van der Waals surface area (Å²) in [5.74, 6) is 0.139. The van der Waals surface area contributed by atoms with E-state index in [1.165, 1.54) is 4.90 Å². The number of nitrogens with zero attached hydrogens (tertiary/aromatic N) is 1. The Kier molecular flexibility index (Phi) is 1.34. The first-order chi connectivity index (χ1) is 5.27. The predicted octanol–water partition coefficient (Wildman–Crippen LogP) is 0.170. The average Bonchev–Trinajstić information content (AvgIpc) is 2.33. The average molecular weight is 155 g/mol. The molecule has 0 aliphatic carbocycles. The summed E-state index contributed by atoms with van der Waals surface area (Å²) < 4.78 is 4.78. The second kappa shape index (κ2) is 2.22. The number of Topliss-reactive ketones (excluding diaryl/α,β-unsaturated/α-hetero) is 1. The fraction of sp³-hybridized carbons (Fsp3) is 0.714. The van der Waals surface area contributed by atoms with Crippen LogP contribution in [0.2, 0.25) is 0 Å². The second-order valence-corrected chi connectivity index (χ2v) is 2.94. The third kappa shape index (κ3) is 0.982. The van der Waals surface area contributed by atoms with E-state index in [2.05, 4.69) is 0 Å². The predicted molar refractivity (Wildman–Crippen MR) is 36.1 cm³/mol. The number of cyclic esters (lactones) is 1. The molecule has 2 heterocycles. The van der Waals surface area contributed by atoms with Gasteiger partial charge in [0.25, 0.3) is 0 Å². The fourth-order valence-electron chi connectivity index (χ4n) is 1.52. The maximum absolute atomic E-state index is 10.9. The molecule has 4 heteroatoms. The van der Waals surface area contributed by atoms with Gasteiger partial charge < -0.3 is 4.74 Å². The van der Waals surface area contributed by atoms with Crippen LogP contribution in [0.25, 0.3) is 0 Å². The van der Waals surface area contributed by atoms with Gasteiger partial charge in [-0.05, 0) is 6.42 Å². The van der Waals surface area contributed by atoms with E-state index >= 15 is 0 Å². The second-order valence-electron chi connectivity index (χ2n) is 2.94. The standard InChI is InChI=1S/C7H9NO3/c9-6-2-1-5-4-11-7(10)8(5)3-6/h5H,1-4H2. The molecule has 2 rings (SSSR count). The van der Waals surface area contributed by atoms with Gasteiger partial charge in [-0.3, -0.25) is 9.69 Å². The number of hydrogen-bond donors (Lipinski definition) is 0. The summed E-state index contributed by atoms with van der Waals surface area (Å²) >= 11 is 0. The Balaban J connectivity index is 2.13. The zero-order chi connectivity index (χ0) is 7.84. The van der Waals surface area contributed by atoms with Crippen molar-refractivity contribution in [1.29, 1.82) is 0 Å². The van der Waals surface area contributed by atoms with Gasteiger partial charge in [0.2, 0.25) is 0 Å². The molecule has 2 saturated heterocycles. The van der Waals surface area contributed by atoms with Gasteiger partial charge >= 0.3 is 6.09 Å². The summed E-state index contributed by atoms with van der Waals surface area (Å²) in [6, 6.07) is 0.167. The highest BCUT2D eigenvalue weighted by atomic mass is 16.6. The molecule has 11 heavy (non-hydrogen) atoms. The Morgan fingerprint density at radius 2 is 2.27 bits per heavy atom. The molecule has 0 spiro atoms. The van der Waals surface area contributed by atoms with Crippen LogP contribution in [0, 0.1) is 0 Å². The quantitative estimate of drug-likeness (QED) is 0.501. The van der Waals surface area contributed by atoms with E-state index in [1.54, 1.807) is 0 Å². The Bertz CT molecular complexity index is 214. The van der Waals surface area contributed by atoms with E-state index < -0.39 is 0 Å². The van der Waals surface area contributed by atoms with Gasteiger partial charge in [0, 0.05) is 6.42 Å². The van der Waals surface area contributed by atoms with E-state index in [-0.39, 0.29) is 24.5 Å². The molecular weight excluding hydrogens is 146 g/mol. The molecule has 60 valence electrons. The largest absolute Gasteiger partial charge is 0.447 e. The van der Waals surface area contributed by atoms with Gasteiger partial charge in [0.15, 0.2) is 5.78 Å². The van der Waals surface area contributed by atoms with E-state index in [0.29, 0.717) is 13.0 Å². The first kappa shape index (κ1) is 6.64. The van der Waals surface area contributed by atoms with E-state index in [4.69, 9.17) is 4.74 Å². The monoisotopic (exact) mass is 155 g/mol. The number of carbonyl (C=O) groups is 2. The fourth-order valence-corrected chi connectivity index (χ4v) is 1.52. The maximum Gasteiger partial charge on any atom is 0.410 e. The molecule has 0 aromatic rings. The van der Waals surface area contributed by atoms with Crippen molar-refractivity contribution in [3.63, 3.8) is 0 Å². The molecule has 2 aliphatic rings. The van der Waals surface area contributed by atoms with Crippen LogP contribution >= 0.6 is 0 Å². The zero-order valence-corrected chi connectivity index (χ0v) is 6.08. The smallest absolute Gasteiger partial charge is 0.410 e. The van der Waals surface area contributed by atoms with Gasteiger partial charge in [-0.1, -0.05) is 0 Å². The molecule has 0 aromatic heterocycles. The van der Waals surface area contributed by atoms with Crippen LogP contribution < -0.4 is 0 Å². The van der Waals surface area contributed by atoms with Gasteiger partial charge in [-0.25, -0.2) is 4.79 Å². The number of amides is 1. The molecule has 0 bridgehead atoms. The normalized spacial score (nSPS) is 30.2. The van der Waals surface area contributed by atoms with Crippen LogP contribution in [0.15, 0.2) is 0 Å². The minimum atomic E-state index is -0.331. The van der Waals surface area contributed by atoms with Crippen LogP contribution in [0.1, 0.15) is 12.8 Å². The SMILES string of the molecule is O=C1CCC2COC(=O)N2C1. The Hall–Kier alpha value is -1.06. The lowest BCUT2D eigenvalue weighted by molar-refractivity contribution is -0.121. The molecule has 0 saturated carbocycles. The number of rotatable bonds is 0. The molecule has 0 N–H and O–H groups in total. The number of piperidine rings is 1. The summed E-state index contributed by atoms with van der Waals surface area (Å²) in [5, 5.41) is 0. The molecular formula is C7H9NO3. The summed E-state index contributed by atoms with van der Waals surface area (Å²) in [6.07, 6.45) is 1.03. The number of hydrogen-bond acceptors (Lipinski definition) is 3. The summed E-state index contributed by atoms with van der Waals surface area (Å²) in [4.78, 5) is 23.3. The Labute approximate surface area is 64.1 Å². The number of ketones is 1. The lowest BCUT2D eigenvalue weighted by atomic mass is 10.0. The van der Waals surface area contributed by atoms with Gasteiger partial charge in [-0.2, -0.15) is 0 Å². The van der Waals surface area contributed by atoms with Gasteiger partial charge in [0.1, 0.15) is 6.61 Å². The molecule has 0 radical (unpaired) electrons. The summed E-state index contributed by atoms with van der Waals surface area (Å²) in [6.45, 7) is 0.718. The first-order valence-corrected chi connectivity index (χ1v) is 3.72. The van der Waals surface area contributed by atoms with Gasteiger partial charge in [-0.15, -0.1) is 0 Å². The van der Waals surface area contributed by atoms with Crippen molar-refractivity contribution in [2.24, 2.45) is 0 Å². The Morgan fingerprint density at radius 3 is 3.09 bits per heavy atom. The first-order valence-electron chi connectivity index (χ1n) is 3.72. The lowest BCUT2D eigenvalue weighted by Gasteiger charge is -2.24. The zero-order valence-electron chi connectivity index (χ0n) is 6.08. The van der Waals surface area contributed by atoms with Crippen molar-refractivity contribution < 1.29 is 14.3 Å². The van der Waals surface area contributed by atoms with Crippen LogP contribution in [0.4, 0.5) is 4.79 Å². The third-order valence-electron chi connectivity index (χ3n) is 2.18.